The average molecular weight is 441 g/mol. The van der Waals surface area contributed by atoms with Gasteiger partial charge < -0.3 is 10.4 Å². The molecule has 0 spiro atoms. The first kappa shape index (κ1) is 23.0. The molecule has 2 N–H and O–H groups in total. The number of carbonyl (C=O) groups is 1. The molecule has 33 heavy (non-hydrogen) atoms. The summed E-state index contributed by atoms with van der Waals surface area (Å²) in [5, 5.41) is 12.5. The van der Waals surface area contributed by atoms with E-state index in [-0.39, 0.29) is 18.6 Å². The molecular weight excluding hydrogens is 408 g/mol. The van der Waals surface area contributed by atoms with Crippen molar-refractivity contribution in [2.24, 2.45) is 0 Å². The minimum absolute atomic E-state index is 0.153. The number of benzene rings is 3. The van der Waals surface area contributed by atoms with Crippen LogP contribution >= 0.6 is 0 Å². The maximum Gasteiger partial charge on any atom is 0.248 e. The van der Waals surface area contributed by atoms with E-state index in [0.29, 0.717) is 0 Å². The van der Waals surface area contributed by atoms with E-state index in [2.05, 4.69) is 53.5 Å². The molecule has 3 aromatic carbocycles. The summed E-state index contributed by atoms with van der Waals surface area (Å²) in [5.41, 5.74) is 6.48. The standard InChI is InChI=1S/C29H32N2O2/c1-22-8-13-25(14-9-22)26-6-4-5-23(19-26)12-17-29(33)30-27-15-10-24(11-16-27)20-31-18-3-2-7-28(31)21-32/h4-6,8-17,19,28,32H,2-3,7,18,20-21H2,1H3,(H,30,33). The summed E-state index contributed by atoms with van der Waals surface area (Å²) in [6.45, 7) is 4.15. The van der Waals surface area contributed by atoms with Crippen molar-refractivity contribution >= 4 is 17.7 Å². The number of carbonyl (C=O) groups excluding carboxylic acids is 1. The molecule has 170 valence electrons. The first-order valence-corrected chi connectivity index (χ1v) is 11.7. The summed E-state index contributed by atoms with van der Waals surface area (Å²) >= 11 is 0. The SMILES string of the molecule is Cc1ccc(-c2cccc(C=CC(=O)Nc3ccc(CN4CCCCC4CO)cc3)c2)cc1. The third-order valence-corrected chi connectivity index (χ3v) is 6.27. The summed E-state index contributed by atoms with van der Waals surface area (Å²) in [7, 11) is 0. The molecule has 1 aliphatic heterocycles. The van der Waals surface area contributed by atoms with Gasteiger partial charge in [-0.3, -0.25) is 9.69 Å². The number of hydrogen-bond donors (Lipinski definition) is 2. The summed E-state index contributed by atoms with van der Waals surface area (Å²) in [5.74, 6) is -0.153. The highest BCUT2D eigenvalue weighted by atomic mass is 16.3. The number of piperidine rings is 1. The van der Waals surface area contributed by atoms with Gasteiger partial charge >= 0.3 is 0 Å². The minimum Gasteiger partial charge on any atom is -0.395 e. The van der Waals surface area contributed by atoms with Crippen LogP contribution in [0.1, 0.15) is 36.0 Å². The third-order valence-electron chi connectivity index (χ3n) is 6.27. The summed E-state index contributed by atoms with van der Waals surface area (Å²) in [6.07, 6.45) is 6.85. The zero-order valence-electron chi connectivity index (χ0n) is 19.2. The van der Waals surface area contributed by atoms with Crippen molar-refractivity contribution in [3.8, 4) is 11.1 Å². The van der Waals surface area contributed by atoms with E-state index >= 15 is 0 Å². The molecule has 4 nitrogen and oxygen atoms in total. The van der Waals surface area contributed by atoms with Crippen molar-refractivity contribution < 1.29 is 9.90 Å². The van der Waals surface area contributed by atoms with E-state index in [1.54, 1.807) is 6.08 Å². The molecule has 0 saturated carbocycles. The van der Waals surface area contributed by atoms with Gasteiger partial charge in [0.2, 0.25) is 5.91 Å². The van der Waals surface area contributed by atoms with E-state index in [9.17, 15) is 9.90 Å². The average Bonchev–Trinajstić information content (AvgIpc) is 2.85. The largest absolute Gasteiger partial charge is 0.395 e. The van der Waals surface area contributed by atoms with Crippen LogP contribution in [0.4, 0.5) is 5.69 Å². The van der Waals surface area contributed by atoms with Crippen LogP contribution in [0.25, 0.3) is 17.2 Å². The Balaban J connectivity index is 1.34. The number of amides is 1. The van der Waals surface area contributed by atoms with Gasteiger partial charge in [0.15, 0.2) is 0 Å². The van der Waals surface area contributed by atoms with Crippen molar-refractivity contribution in [2.75, 3.05) is 18.5 Å². The molecule has 1 aliphatic rings. The Labute approximate surface area is 196 Å². The summed E-state index contributed by atoms with van der Waals surface area (Å²) < 4.78 is 0. The van der Waals surface area contributed by atoms with Crippen LogP contribution in [-0.4, -0.2) is 35.1 Å². The van der Waals surface area contributed by atoms with E-state index < -0.39 is 0 Å². The van der Waals surface area contributed by atoms with Gasteiger partial charge in [0, 0.05) is 24.4 Å². The van der Waals surface area contributed by atoms with E-state index in [1.165, 1.54) is 24.0 Å². The highest BCUT2D eigenvalue weighted by Gasteiger charge is 2.21. The number of anilines is 1. The number of likely N-dealkylation sites (tertiary alicyclic amines) is 1. The van der Waals surface area contributed by atoms with Gasteiger partial charge in [0.25, 0.3) is 0 Å². The lowest BCUT2D eigenvalue weighted by Crippen LogP contribution is -2.41. The Morgan fingerprint density at radius 3 is 2.58 bits per heavy atom. The van der Waals surface area contributed by atoms with Crippen molar-refractivity contribution in [3.05, 3.63) is 95.6 Å². The fraction of sp³-hybridized carbons (Fsp3) is 0.276. The number of aliphatic hydroxyl groups is 1. The second-order valence-electron chi connectivity index (χ2n) is 8.81. The molecule has 1 heterocycles. The number of nitrogens with zero attached hydrogens (tertiary/aromatic N) is 1. The maximum absolute atomic E-state index is 12.4. The third kappa shape index (κ3) is 6.41. The molecule has 0 aliphatic carbocycles. The van der Waals surface area contributed by atoms with Crippen molar-refractivity contribution in [3.63, 3.8) is 0 Å². The molecule has 1 atom stereocenters. The smallest absolute Gasteiger partial charge is 0.248 e. The Hall–Kier alpha value is -3.21. The van der Waals surface area contributed by atoms with Gasteiger partial charge in [-0.05, 0) is 72.8 Å². The van der Waals surface area contributed by atoms with Crippen LogP contribution in [-0.2, 0) is 11.3 Å². The predicted octanol–water partition coefficient (Wildman–Crippen LogP) is 5.66. The summed E-state index contributed by atoms with van der Waals surface area (Å²) in [4.78, 5) is 14.8. The lowest BCUT2D eigenvalue weighted by molar-refractivity contribution is -0.111. The monoisotopic (exact) mass is 440 g/mol. The molecule has 1 fully saturated rings. The number of aryl methyl sites for hydroxylation is 1. The van der Waals surface area contributed by atoms with Gasteiger partial charge in [-0.15, -0.1) is 0 Å². The topological polar surface area (TPSA) is 52.6 Å². The van der Waals surface area contributed by atoms with Crippen LogP contribution in [0.5, 0.6) is 0 Å². The fourth-order valence-corrected chi connectivity index (χ4v) is 4.33. The van der Waals surface area contributed by atoms with E-state index in [0.717, 1.165) is 41.9 Å². The molecule has 0 aromatic heterocycles. The molecule has 4 rings (SSSR count). The highest BCUT2D eigenvalue weighted by molar-refractivity contribution is 6.02. The number of hydrogen-bond acceptors (Lipinski definition) is 3. The fourth-order valence-electron chi connectivity index (χ4n) is 4.33. The quantitative estimate of drug-likeness (QED) is 0.466. The Kier molecular flexibility index (Phi) is 7.71. The van der Waals surface area contributed by atoms with Gasteiger partial charge in [0.1, 0.15) is 0 Å². The van der Waals surface area contributed by atoms with Gasteiger partial charge in [0.05, 0.1) is 6.61 Å². The normalized spacial score (nSPS) is 16.7. The first-order valence-electron chi connectivity index (χ1n) is 11.7. The molecule has 1 amide bonds. The molecule has 3 aromatic rings. The van der Waals surface area contributed by atoms with Gasteiger partial charge in [-0.1, -0.05) is 66.6 Å². The van der Waals surface area contributed by atoms with Crippen LogP contribution < -0.4 is 5.32 Å². The van der Waals surface area contributed by atoms with Crippen LogP contribution in [0.3, 0.4) is 0 Å². The lowest BCUT2D eigenvalue weighted by Gasteiger charge is -2.34. The molecule has 1 saturated heterocycles. The van der Waals surface area contributed by atoms with E-state index in [1.807, 2.05) is 42.5 Å². The van der Waals surface area contributed by atoms with Crippen molar-refractivity contribution in [2.45, 2.75) is 38.8 Å². The molecule has 4 heteroatoms. The summed E-state index contributed by atoms with van der Waals surface area (Å²) in [6, 6.07) is 24.9. The van der Waals surface area contributed by atoms with E-state index in [4.69, 9.17) is 0 Å². The van der Waals surface area contributed by atoms with Crippen LogP contribution in [0.15, 0.2) is 78.9 Å². The first-order chi connectivity index (χ1) is 16.1. The molecule has 1 unspecified atom stereocenters. The zero-order valence-corrected chi connectivity index (χ0v) is 19.2. The van der Waals surface area contributed by atoms with Crippen molar-refractivity contribution in [1.29, 1.82) is 0 Å². The zero-order chi connectivity index (χ0) is 23.0. The van der Waals surface area contributed by atoms with Gasteiger partial charge in [-0.25, -0.2) is 0 Å². The Morgan fingerprint density at radius 1 is 1.03 bits per heavy atom. The van der Waals surface area contributed by atoms with Crippen LogP contribution in [0.2, 0.25) is 0 Å². The maximum atomic E-state index is 12.4. The molecule has 0 bridgehead atoms. The molecular formula is C29H32N2O2. The lowest BCUT2D eigenvalue weighted by atomic mass is 10.0. The van der Waals surface area contributed by atoms with Crippen molar-refractivity contribution in [1.82, 2.24) is 4.90 Å². The Bertz CT molecular complexity index is 1090. The predicted molar refractivity (Wildman–Crippen MR) is 136 cm³/mol. The highest BCUT2D eigenvalue weighted by Crippen LogP contribution is 2.22. The second-order valence-corrected chi connectivity index (χ2v) is 8.81. The second kappa shape index (κ2) is 11.1. The number of rotatable bonds is 7. The van der Waals surface area contributed by atoms with Crippen LogP contribution in [0, 0.1) is 6.92 Å². The minimum atomic E-state index is -0.153. The number of nitrogens with one attached hydrogen (secondary N) is 1. The number of aliphatic hydroxyl groups excluding tert-OH is 1. The Morgan fingerprint density at radius 2 is 1.82 bits per heavy atom. The van der Waals surface area contributed by atoms with Gasteiger partial charge in [-0.2, -0.15) is 0 Å². The molecule has 0 radical (unpaired) electrons.